The second-order valence-electron chi connectivity index (χ2n) is 6.73. The van der Waals surface area contributed by atoms with Gasteiger partial charge in [0.25, 0.3) is 0 Å². The molecule has 1 atom stereocenters. The fourth-order valence-corrected chi connectivity index (χ4v) is 3.36. The number of carbonyl (C=O) groups is 1. The molecule has 1 N–H and O–H groups in total. The number of halogens is 1. The summed E-state index contributed by atoms with van der Waals surface area (Å²) in [5, 5.41) is 3.36. The van der Waals surface area contributed by atoms with E-state index in [9.17, 15) is 9.18 Å². The van der Waals surface area contributed by atoms with Crippen molar-refractivity contribution in [1.29, 1.82) is 0 Å². The molecule has 1 aliphatic heterocycles. The highest BCUT2D eigenvalue weighted by molar-refractivity contribution is 5.78. The Bertz CT molecular complexity index is 709. The molecule has 5 nitrogen and oxygen atoms in total. The Labute approximate surface area is 159 Å². The molecule has 2 aromatic rings. The average molecular weight is 371 g/mol. The topological polar surface area (TPSA) is 54.5 Å². The number of likely N-dealkylation sites (tertiary alicyclic amines) is 1. The fraction of sp³-hybridized carbons (Fsp3) is 0.429. The minimum absolute atomic E-state index is 0.253. The van der Waals surface area contributed by atoms with E-state index in [4.69, 9.17) is 4.74 Å². The Kier molecular flexibility index (Phi) is 7.16. The first-order valence-electron chi connectivity index (χ1n) is 9.50. The minimum atomic E-state index is -0.264. The lowest BCUT2D eigenvalue weighted by Gasteiger charge is -2.25. The zero-order valence-electron chi connectivity index (χ0n) is 15.4. The Morgan fingerprint density at radius 3 is 2.85 bits per heavy atom. The van der Waals surface area contributed by atoms with Gasteiger partial charge in [-0.25, -0.2) is 4.39 Å². The first-order valence-corrected chi connectivity index (χ1v) is 9.50. The number of aromatic nitrogens is 1. The van der Waals surface area contributed by atoms with Crippen LogP contribution in [0.1, 0.15) is 24.8 Å². The molecule has 0 radical (unpaired) electrons. The van der Waals surface area contributed by atoms with Crippen molar-refractivity contribution >= 4 is 5.91 Å². The number of ether oxygens (including phenoxy) is 1. The predicted molar refractivity (Wildman–Crippen MR) is 102 cm³/mol. The van der Waals surface area contributed by atoms with Crippen molar-refractivity contribution in [2.75, 3.05) is 26.2 Å². The normalized spacial score (nSPS) is 16.7. The number of rotatable bonds is 10. The van der Waals surface area contributed by atoms with Crippen LogP contribution in [0.2, 0.25) is 0 Å². The highest BCUT2D eigenvalue weighted by atomic mass is 19.1. The maximum atomic E-state index is 12.8. The Morgan fingerprint density at radius 1 is 1.22 bits per heavy atom. The summed E-state index contributed by atoms with van der Waals surface area (Å²) in [4.78, 5) is 18.3. The molecule has 1 aliphatic rings. The summed E-state index contributed by atoms with van der Waals surface area (Å²) in [7, 11) is 0. The molecular weight excluding hydrogens is 345 g/mol. The van der Waals surface area contributed by atoms with Crippen LogP contribution in [0, 0.1) is 5.82 Å². The lowest BCUT2D eigenvalue weighted by molar-refractivity contribution is -0.129. The zero-order chi connectivity index (χ0) is 18.9. The lowest BCUT2D eigenvalue weighted by Crippen LogP contribution is -2.37. The van der Waals surface area contributed by atoms with Gasteiger partial charge in [-0.3, -0.25) is 9.78 Å². The molecule has 6 heteroatoms. The summed E-state index contributed by atoms with van der Waals surface area (Å²) >= 11 is 0. The summed E-state index contributed by atoms with van der Waals surface area (Å²) in [6.45, 7) is 2.84. The van der Waals surface area contributed by atoms with E-state index < -0.39 is 0 Å². The molecule has 1 saturated heterocycles. The van der Waals surface area contributed by atoms with Gasteiger partial charge in [-0.1, -0.05) is 6.07 Å². The van der Waals surface area contributed by atoms with Gasteiger partial charge in [0.15, 0.2) is 0 Å². The Hall–Kier alpha value is -2.47. The number of amides is 1. The maximum Gasteiger partial charge on any atom is 0.222 e. The molecule has 0 bridgehead atoms. The molecule has 0 saturated carbocycles. The van der Waals surface area contributed by atoms with E-state index in [0.717, 1.165) is 37.9 Å². The number of pyridine rings is 1. The second kappa shape index (κ2) is 10.0. The van der Waals surface area contributed by atoms with Crippen molar-refractivity contribution in [3.05, 3.63) is 60.2 Å². The highest BCUT2D eigenvalue weighted by Crippen LogP contribution is 2.21. The number of nitrogens with one attached hydrogen (secondary N) is 1. The Balaban J connectivity index is 1.33. The molecule has 3 rings (SSSR count). The minimum Gasteiger partial charge on any atom is -0.492 e. The number of nitrogens with zero attached hydrogens (tertiary/aromatic N) is 2. The molecule has 0 aliphatic carbocycles. The van der Waals surface area contributed by atoms with E-state index in [-0.39, 0.29) is 11.7 Å². The van der Waals surface area contributed by atoms with Crippen LogP contribution in [0.4, 0.5) is 4.39 Å². The zero-order valence-corrected chi connectivity index (χ0v) is 15.4. The predicted octanol–water partition coefficient (Wildman–Crippen LogP) is 2.81. The molecule has 144 valence electrons. The van der Waals surface area contributed by atoms with Gasteiger partial charge in [0.1, 0.15) is 18.2 Å². The van der Waals surface area contributed by atoms with Crippen molar-refractivity contribution < 1.29 is 13.9 Å². The molecule has 1 fully saturated rings. The summed E-state index contributed by atoms with van der Waals surface area (Å²) in [6.07, 6.45) is 6.98. The van der Waals surface area contributed by atoms with Gasteiger partial charge in [-0.05, 0) is 61.7 Å². The molecule has 1 amide bonds. The van der Waals surface area contributed by atoms with E-state index in [0.29, 0.717) is 31.4 Å². The van der Waals surface area contributed by atoms with Gasteiger partial charge in [-0.15, -0.1) is 0 Å². The van der Waals surface area contributed by atoms with Crippen LogP contribution >= 0.6 is 0 Å². The smallest absolute Gasteiger partial charge is 0.222 e. The van der Waals surface area contributed by atoms with Gasteiger partial charge in [-0.2, -0.15) is 0 Å². The van der Waals surface area contributed by atoms with Gasteiger partial charge in [0.2, 0.25) is 5.91 Å². The number of carbonyl (C=O) groups excluding carboxylic acids is 1. The Morgan fingerprint density at radius 2 is 2.07 bits per heavy atom. The largest absolute Gasteiger partial charge is 0.492 e. The molecule has 1 unspecified atom stereocenters. The first kappa shape index (κ1) is 19.3. The van der Waals surface area contributed by atoms with Crippen molar-refractivity contribution in [2.45, 2.75) is 31.7 Å². The number of hydrogen-bond donors (Lipinski definition) is 1. The second-order valence-corrected chi connectivity index (χ2v) is 6.73. The van der Waals surface area contributed by atoms with Gasteiger partial charge >= 0.3 is 0 Å². The maximum absolute atomic E-state index is 12.8. The van der Waals surface area contributed by atoms with Crippen LogP contribution in [-0.2, 0) is 11.2 Å². The summed E-state index contributed by atoms with van der Waals surface area (Å²) in [5.41, 5.74) is 1.16. The highest BCUT2D eigenvalue weighted by Gasteiger charge is 2.29. The summed E-state index contributed by atoms with van der Waals surface area (Å²) < 4.78 is 18.4. The standard InChI is InChI=1S/C21H26FN3O2/c22-18-3-6-20(7-4-18)27-15-13-23-12-9-19-5-8-21(26)25(19)14-10-17-2-1-11-24-16-17/h1-4,6-7,11,16,19,23H,5,8-10,12-15H2. The number of benzene rings is 1. The molecule has 0 spiro atoms. The fourth-order valence-electron chi connectivity index (χ4n) is 3.36. The first-order chi connectivity index (χ1) is 13.2. The average Bonchev–Trinajstić information content (AvgIpc) is 3.04. The quantitative estimate of drug-likeness (QED) is 0.653. The third-order valence-electron chi connectivity index (χ3n) is 4.83. The third kappa shape index (κ3) is 6.03. The van der Waals surface area contributed by atoms with Gasteiger partial charge < -0.3 is 15.0 Å². The summed E-state index contributed by atoms with van der Waals surface area (Å²) in [5.74, 6) is 0.657. The van der Waals surface area contributed by atoms with Crippen molar-refractivity contribution in [3.8, 4) is 5.75 Å². The summed E-state index contributed by atoms with van der Waals surface area (Å²) in [6, 6.07) is 10.3. The van der Waals surface area contributed by atoms with E-state index in [1.165, 1.54) is 12.1 Å². The van der Waals surface area contributed by atoms with E-state index in [1.807, 2.05) is 23.2 Å². The number of hydrogen-bond acceptors (Lipinski definition) is 4. The van der Waals surface area contributed by atoms with Gasteiger partial charge in [0.05, 0.1) is 0 Å². The van der Waals surface area contributed by atoms with Crippen molar-refractivity contribution in [3.63, 3.8) is 0 Å². The van der Waals surface area contributed by atoms with Crippen LogP contribution in [0.25, 0.3) is 0 Å². The van der Waals surface area contributed by atoms with Crippen LogP contribution < -0.4 is 10.1 Å². The molecule has 27 heavy (non-hydrogen) atoms. The molecular formula is C21H26FN3O2. The molecule has 2 heterocycles. The third-order valence-corrected chi connectivity index (χ3v) is 4.83. The molecule has 1 aromatic heterocycles. The van der Waals surface area contributed by atoms with Crippen LogP contribution in [0.3, 0.4) is 0 Å². The van der Waals surface area contributed by atoms with E-state index >= 15 is 0 Å². The lowest BCUT2D eigenvalue weighted by atomic mass is 10.1. The van der Waals surface area contributed by atoms with Crippen molar-refractivity contribution in [1.82, 2.24) is 15.2 Å². The van der Waals surface area contributed by atoms with E-state index in [2.05, 4.69) is 10.3 Å². The van der Waals surface area contributed by atoms with Crippen LogP contribution in [0.5, 0.6) is 5.75 Å². The van der Waals surface area contributed by atoms with Crippen LogP contribution in [0.15, 0.2) is 48.8 Å². The van der Waals surface area contributed by atoms with Crippen molar-refractivity contribution in [2.24, 2.45) is 0 Å². The monoisotopic (exact) mass is 371 g/mol. The van der Waals surface area contributed by atoms with E-state index in [1.54, 1.807) is 18.3 Å². The van der Waals surface area contributed by atoms with Gasteiger partial charge in [0, 0.05) is 37.9 Å². The molecule has 1 aromatic carbocycles. The SMILES string of the molecule is O=C1CCC(CCNCCOc2ccc(F)cc2)N1CCc1cccnc1. The van der Waals surface area contributed by atoms with Crippen LogP contribution in [-0.4, -0.2) is 48.1 Å².